The SMILES string of the molecule is CCCNc1ncc(F)cc1C(=O)NC1CCN(C)CC1. The number of rotatable bonds is 5. The highest BCUT2D eigenvalue weighted by Gasteiger charge is 2.21. The fraction of sp³-hybridized carbons (Fsp3) is 0.600. The highest BCUT2D eigenvalue weighted by atomic mass is 19.1. The molecule has 1 amide bonds. The summed E-state index contributed by atoms with van der Waals surface area (Å²) in [5.41, 5.74) is 0.280. The summed E-state index contributed by atoms with van der Waals surface area (Å²) < 4.78 is 13.4. The molecular formula is C15H23FN4O. The Bertz CT molecular complexity index is 487. The number of pyridine rings is 1. The molecule has 0 spiro atoms. The van der Waals surface area contributed by atoms with E-state index in [-0.39, 0.29) is 17.5 Å². The Morgan fingerprint density at radius 2 is 2.19 bits per heavy atom. The van der Waals surface area contributed by atoms with Crippen LogP contribution in [0.5, 0.6) is 0 Å². The lowest BCUT2D eigenvalue weighted by Crippen LogP contribution is -2.43. The van der Waals surface area contributed by atoms with E-state index in [1.807, 2.05) is 6.92 Å². The topological polar surface area (TPSA) is 57.3 Å². The van der Waals surface area contributed by atoms with Crippen LogP contribution in [-0.4, -0.2) is 48.5 Å². The quantitative estimate of drug-likeness (QED) is 0.870. The highest BCUT2D eigenvalue weighted by Crippen LogP contribution is 2.15. The summed E-state index contributed by atoms with van der Waals surface area (Å²) in [5.74, 6) is -0.301. The van der Waals surface area contributed by atoms with E-state index in [2.05, 4.69) is 27.6 Å². The van der Waals surface area contributed by atoms with Gasteiger partial charge in [0.15, 0.2) is 0 Å². The average Bonchev–Trinajstić information content (AvgIpc) is 2.48. The number of hydrogen-bond acceptors (Lipinski definition) is 4. The predicted molar refractivity (Wildman–Crippen MR) is 81.0 cm³/mol. The summed E-state index contributed by atoms with van der Waals surface area (Å²) in [6.07, 6.45) is 3.88. The minimum Gasteiger partial charge on any atom is -0.369 e. The lowest BCUT2D eigenvalue weighted by atomic mass is 10.0. The molecule has 1 aromatic rings. The molecule has 5 nitrogen and oxygen atoms in total. The number of amides is 1. The van der Waals surface area contributed by atoms with Crippen LogP contribution in [0.15, 0.2) is 12.3 Å². The Morgan fingerprint density at radius 3 is 2.86 bits per heavy atom. The first-order valence-corrected chi connectivity index (χ1v) is 7.49. The number of nitrogens with zero attached hydrogens (tertiary/aromatic N) is 2. The number of hydrogen-bond donors (Lipinski definition) is 2. The molecule has 2 rings (SSSR count). The molecule has 6 heteroatoms. The van der Waals surface area contributed by atoms with Crippen molar-refractivity contribution in [2.75, 3.05) is 32.0 Å². The molecule has 0 radical (unpaired) electrons. The van der Waals surface area contributed by atoms with Gasteiger partial charge in [-0.15, -0.1) is 0 Å². The molecule has 0 aromatic carbocycles. The molecular weight excluding hydrogens is 271 g/mol. The van der Waals surface area contributed by atoms with Gasteiger partial charge in [0, 0.05) is 12.6 Å². The maximum atomic E-state index is 13.4. The first-order chi connectivity index (χ1) is 10.1. The van der Waals surface area contributed by atoms with Gasteiger partial charge < -0.3 is 15.5 Å². The van der Waals surface area contributed by atoms with E-state index in [1.54, 1.807) is 0 Å². The number of aromatic nitrogens is 1. The van der Waals surface area contributed by atoms with Gasteiger partial charge in [-0.3, -0.25) is 4.79 Å². The van der Waals surface area contributed by atoms with Crippen LogP contribution in [0, 0.1) is 5.82 Å². The van der Waals surface area contributed by atoms with Crippen LogP contribution < -0.4 is 10.6 Å². The average molecular weight is 294 g/mol. The molecule has 2 heterocycles. The molecule has 0 saturated carbocycles. The zero-order valence-corrected chi connectivity index (χ0v) is 12.7. The van der Waals surface area contributed by atoms with Crippen LogP contribution >= 0.6 is 0 Å². The molecule has 0 aliphatic carbocycles. The minimum absolute atomic E-state index is 0.149. The van der Waals surface area contributed by atoms with Crippen LogP contribution in [0.25, 0.3) is 0 Å². The molecule has 1 saturated heterocycles. The normalized spacial score (nSPS) is 16.7. The summed E-state index contributed by atoms with van der Waals surface area (Å²) in [4.78, 5) is 18.6. The third-order valence-corrected chi connectivity index (χ3v) is 3.70. The van der Waals surface area contributed by atoms with Crippen molar-refractivity contribution in [1.29, 1.82) is 0 Å². The van der Waals surface area contributed by atoms with Gasteiger partial charge in [-0.1, -0.05) is 6.92 Å². The maximum absolute atomic E-state index is 13.4. The van der Waals surface area contributed by atoms with Gasteiger partial charge in [-0.05, 0) is 45.5 Å². The standard InChI is InChI=1S/C15H23FN4O/c1-3-6-17-14-13(9-11(16)10-18-14)15(21)19-12-4-7-20(2)8-5-12/h9-10,12H,3-8H2,1-2H3,(H,17,18)(H,19,21). The van der Waals surface area contributed by atoms with E-state index in [4.69, 9.17) is 0 Å². The molecule has 1 fully saturated rings. The van der Waals surface area contributed by atoms with Gasteiger partial charge in [0.2, 0.25) is 0 Å². The third-order valence-electron chi connectivity index (χ3n) is 3.70. The molecule has 2 N–H and O–H groups in total. The summed E-state index contributed by atoms with van der Waals surface area (Å²) >= 11 is 0. The van der Waals surface area contributed by atoms with Gasteiger partial charge >= 0.3 is 0 Å². The van der Waals surface area contributed by atoms with Gasteiger partial charge in [0.25, 0.3) is 5.91 Å². The first-order valence-electron chi connectivity index (χ1n) is 7.49. The maximum Gasteiger partial charge on any atom is 0.255 e. The zero-order chi connectivity index (χ0) is 15.2. The second-order valence-electron chi connectivity index (χ2n) is 5.53. The van der Waals surface area contributed by atoms with E-state index in [9.17, 15) is 9.18 Å². The van der Waals surface area contributed by atoms with Crippen molar-refractivity contribution in [3.05, 3.63) is 23.6 Å². The fourth-order valence-corrected chi connectivity index (χ4v) is 2.41. The molecule has 1 aliphatic rings. The Morgan fingerprint density at radius 1 is 1.48 bits per heavy atom. The minimum atomic E-state index is -0.495. The van der Waals surface area contributed by atoms with Crippen molar-refractivity contribution in [1.82, 2.24) is 15.2 Å². The molecule has 116 valence electrons. The van der Waals surface area contributed by atoms with Crippen LogP contribution in [-0.2, 0) is 0 Å². The van der Waals surface area contributed by atoms with E-state index in [1.165, 1.54) is 6.07 Å². The van der Waals surface area contributed by atoms with Crippen LogP contribution in [0.1, 0.15) is 36.5 Å². The second kappa shape index (κ2) is 7.36. The number of halogens is 1. The molecule has 0 bridgehead atoms. The lowest BCUT2D eigenvalue weighted by molar-refractivity contribution is 0.0917. The number of anilines is 1. The van der Waals surface area contributed by atoms with Crippen LogP contribution in [0.4, 0.5) is 10.2 Å². The van der Waals surface area contributed by atoms with Crippen molar-refractivity contribution in [3.8, 4) is 0 Å². The number of carbonyl (C=O) groups is 1. The van der Waals surface area contributed by atoms with E-state index >= 15 is 0 Å². The van der Waals surface area contributed by atoms with Crippen molar-refractivity contribution < 1.29 is 9.18 Å². The zero-order valence-electron chi connectivity index (χ0n) is 12.7. The lowest BCUT2D eigenvalue weighted by Gasteiger charge is -2.29. The number of carbonyl (C=O) groups excluding carboxylic acids is 1. The Balaban J connectivity index is 2.05. The smallest absolute Gasteiger partial charge is 0.255 e. The van der Waals surface area contributed by atoms with Crippen molar-refractivity contribution >= 4 is 11.7 Å². The van der Waals surface area contributed by atoms with Gasteiger partial charge in [0.1, 0.15) is 11.6 Å². The summed E-state index contributed by atoms with van der Waals surface area (Å²) in [6.45, 7) is 4.66. The Labute approximate surface area is 124 Å². The molecule has 1 aromatic heterocycles. The van der Waals surface area contributed by atoms with Gasteiger partial charge in [-0.25, -0.2) is 9.37 Å². The second-order valence-corrected chi connectivity index (χ2v) is 5.53. The largest absolute Gasteiger partial charge is 0.369 e. The van der Waals surface area contributed by atoms with E-state index in [0.717, 1.165) is 38.5 Å². The predicted octanol–water partition coefficient (Wildman–Crippen LogP) is 1.87. The summed E-state index contributed by atoms with van der Waals surface area (Å²) in [5, 5.41) is 6.06. The van der Waals surface area contributed by atoms with Crippen LogP contribution in [0.2, 0.25) is 0 Å². The van der Waals surface area contributed by atoms with Crippen LogP contribution in [0.3, 0.4) is 0 Å². The van der Waals surface area contributed by atoms with E-state index in [0.29, 0.717) is 12.4 Å². The van der Waals surface area contributed by atoms with Crippen molar-refractivity contribution in [3.63, 3.8) is 0 Å². The fourth-order valence-electron chi connectivity index (χ4n) is 2.41. The monoisotopic (exact) mass is 294 g/mol. The van der Waals surface area contributed by atoms with Crippen molar-refractivity contribution in [2.24, 2.45) is 0 Å². The molecule has 0 unspecified atom stereocenters. The number of nitrogens with one attached hydrogen (secondary N) is 2. The number of likely N-dealkylation sites (tertiary alicyclic amines) is 1. The molecule has 0 atom stereocenters. The van der Waals surface area contributed by atoms with E-state index < -0.39 is 5.82 Å². The van der Waals surface area contributed by atoms with Crippen molar-refractivity contribution in [2.45, 2.75) is 32.2 Å². The Kier molecular flexibility index (Phi) is 5.50. The molecule has 1 aliphatic heterocycles. The van der Waals surface area contributed by atoms with Gasteiger partial charge in [-0.2, -0.15) is 0 Å². The number of piperidine rings is 1. The Hall–Kier alpha value is -1.69. The first kappa shape index (κ1) is 15.7. The molecule has 21 heavy (non-hydrogen) atoms. The highest BCUT2D eigenvalue weighted by molar-refractivity contribution is 5.98. The summed E-state index contributed by atoms with van der Waals surface area (Å²) in [7, 11) is 2.07. The summed E-state index contributed by atoms with van der Waals surface area (Å²) in [6, 6.07) is 1.39. The third kappa shape index (κ3) is 4.39. The van der Waals surface area contributed by atoms with Gasteiger partial charge in [0.05, 0.1) is 11.8 Å².